The molecule has 0 saturated heterocycles. The van der Waals surface area contributed by atoms with Gasteiger partial charge in [-0.05, 0) is 45.0 Å². The Labute approximate surface area is 127 Å². The molecule has 0 aromatic heterocycles. The average Bonchev–Trinajstić information content (AvgIpc) is 2.33. The summed E-state index contributed by atoms with van der Waals surface area (Å²) in [5.41, 5.74) is 6.18. The smallest absolute Gasteiger partial charge is 0.0146 e. The van der Waals surface area contributed by atoms with E-state index in [0.717, 1.165) is 24.8 Å². The van der Waals surface area contributed by atoms with Gasteiger partial charge in [-0.1, -0.05) is 24.6 Å². The Bertz CT molecular complexity index is 343. The van der Waals surface area contributed by atoms with E-state index < -0.39 is 0 Å². The predicted octanol–water partition coefficient (Wildman–Crippen LogP) is 3.40. The van der Waals surface area contributed by atoms with E-state index in [1.807, 2.05) is 11.8 Å². The summed E-state index contributed by atoms with van der Waals surface area (Å²) in [5.74, 6) is 1.02. The van der Waals surface area contributed by atoms with Gasteiger partial charge >= 0.3 is 0 Å². The van der Waals surface area contributed by atoms with E-state index in [0.29, 0.717) is 6.04 Å². The normalized spacial score (nSPS) is 16.8. The number of hydrogen-bond acceptors (Lipinski definition) is 3. The molecule has 4 heteroatoms. The van der Waals surface area contributed by atoms with Crippen molar-refractivity contribution < 1.29 is 0 Å². The minimum Gasteiger partial charge on any atom is -0.327 e. The molecule has 0 heterocycles. The van der Waals surface area contributed by atoms with Gasteiger partial charge < -0.3 is 10.6 Å². The first kappa shape index (κ1) is 16.8. The van der Waals surface area contributed by atoms with Gasteiger partial charge in [-0.25, -0.2) is 0 Å². The van der Waals surface area contributed by atoms with Crippen LogP contribution in [-0.2, 0) is 0 Å². The van der Waals surface area contributed by atoms with Gasteiger partial charge in [-0.2, -0.15) is 0 Å². The predicted molar refractivity (Wildman–Crippen MR) is 87.3 cm³/mol. The van der Waals surface area contributed by atoms with Crippen molar-refractivity contribution in [2.45, 2.75) is 42.7 Å². The maximum Gasteiger partial charge on any atom is 0.0146 e. The topological polar surface area (TPSA) is 29.3 Å². The molecule has 0 radical (unpaired) electrons. The summed E-state index contributed by atoms with van der Waals surface area (Å²) < 4.78 is 0. The number of nitrogens with two attached hydrogens (primary N) is 1. The lowest BCUT2D eigenvalue weighted by atomic mass is 9.92. The van der Waals surface area contributed by atoms with Crippen LogP contribution in [0.3, 0.4) is 0 Å². The van der Waals surface area contributed by atoms with E-state index in [1.54, 1.807) is 0 Å². The molecule has 0 amide bonds. The van der Waals surface area contributed by atoms with E-state index in [2.05, 4.69) is 42.3 Å². The second-order valence-corrected chi connectivity index (χ2v) is 6.33. The largest absolute Gasteiger partial charge is 0.327 e. The first-order chi connectivity index (χ1) is 8.75. The summed E-state index contributed by atoms with van der Waals surface area (Å²) in [6.07, 6.45) is 5.27. The van der Waals surface area contributed by atoms with Gasteiger partial charge in [0.25, 0.3) is 0 Å². The van der Waals surface area contributed by atoms with Crippen molar-refractivity contribution in [2.75, 3.05) is 19.3 Å². The molecule has 1 aromatic rings. The molecule has 1 atom stereocenters. The minimum atomic E-state index is 0. The molecule has 0 bridgehead atoms. The number of halogens is 1. The van der Waals surface area contributed by atoms with Gasteiger partial charge in [0.05, 0.1) is 0 Å². The summed E-state index contributed by atoms with van der Waals surface area (Å²) in [6.45, 7) is 1.14. The quantitative estimate of drug-likeness (QED) is 0.783. The van der Waals surface area contributed by atoms with Crippen molar-refractivity contribution >= 4 is 24.2 Å². The van der Waals surface area contributed by atoms with Gasteiger partial charge in [-0.15, -0.1) is 24.2 Å². The zero-order valence-corrected chi connectivity index (χ0v) is 13.3. The van der Waals surface area contributed by atoms with Crippen LogP contribution in [0.2, 0.25) is 0 Å². The molecule has 108 valence electrons. The summed E-state index contributed by atoms with van der Waals surface area (Å²) in [7, 11) is 2.24. The highest BCUT2D eigenvalue weighted by Crippen LogP contribution is 2.24. The molecule has 0 aliphatic heterocycles. The van der Waals surface area contributed by atoms with Crippen molar-refractivity contribution in [2.24, 2.45) is 5.73 Å². The van der Waals surface area contributed by atoms with Crippen molar-refractivity contribution in [3.8, 4) is 0 Å². The molecule has 1 aliphatic rings. The highest BCUT2D eigenvalue weighted by Gasteiger charge is 2.21. The minimum absolute atomic E-state index is 0. The van der Waals surface area contributed by atoms with Crippen LogP contribution in [0, 0.1) is 0 Å². The molecule has 2 N–H and O–H groups in total. The fourth-order valence-electron chi connectivity index (χ4n) is 2.18. The Morgan fingerprint density at radius 3 is 2.58 bits per heavy atom. The van der Waals surface area contributed by atoms with Crippen molar-refractivity contribution in [1.82, 2.24) is 4.90 Å². The van der Waals surface area contributed by atoms with Crippen LogP contribution >= 0.6 is 24.2 Å². The third-order valence-electron chi connectivity index (χ3n) is 3.76. The molecule has 2 nitrogen and oxygen atoms in total. The van der Waals surface area contributed by atoms with Crippen LogP contribution in [0.1, 0.15) is 25.7 Å². The fourth-order valence-corrected chi connectivity index (χ4v) is 3.11. The molecule has 1 fully saturated rings. The van der Waals surface area contributed by atoms with E-state index in [-0.39, 0.29) is 12.4 Å². The van der Waals surface area contributed by atoms with Crippen LogP contribution in [0.25, 0.3) is 0 Å². The Hall–Kier alpha value is -0.220. The number of benzene rings is 1. The lowest BCUT2D eigenvalue weighted by Crippen LogP contribution is -2.39. The van der Waals surface area contributed by atoms with E-state index in [4.69, 9.17) is 5.73 Å². The summed E-state index contributed by atoms with van der Waals surface area (Å²) >= 11 is 1.86. The van der Waals surface area contributed by atoms with E-state index in [9.17, 15) is 0 Å². The summed E-state index contributed by atoms with van der Waals surface area (Å²) in [6, 6.07) is 11.7. The van der Waals surface area contributed by atoms with Crippen molar-refractivity contribution in [3.05, 3.63) is 30.3 Å². The number of rotatable bonds is 7. The zero-order valence-electron chi connectivity index (χ0n) is 11.6. The van der Waals surface area contributed by atoms with Gasteiger partial charge in [0.15, 0.2) is 0 Å². The van der Waals surface area contributed by atoms with Crippen molar-refractivity contribution in [1.29, 1.82) is 0 Å². The Morgan fingerprint density at radius 2 is 2.00 bits per heavy atom. The molecule has 0 spiro atoms. The molecule has 0 unspecified atom stereocenters. The summed E-state index contributed by atoms with van der Waals surface area (Å²) in [4.78, 5) is 3.80. The lowest BCUT2D eigenvalue weighted by Gasteiger charge is -2.35. The maximum absolute atomic E-state index is 6.18. The third-order valence-corrected chi connectivity index (χ3v) is 4.96. The lowest BCUT2D eigenvalue weighted by molar-refractivity contribution is 0.156. The third kappa shape index (κ3) is 5.74. The van der Waals surface area contributed by atoms with Crippen molar-refractivity contribution in [3.63, 3.8) is 0 Å². The van der Waals surface area contributed by atoms with E-state index >= 15 is 0 Å². The highest BCUT2D eigenvalue weighted by molar-refractivity contribution is 7.99. The second kappa shape index (κ2) is 8.85. The Kier molecular flexibility index (Phi) is 7.84. The van der Waals surface area contributed by atoms with Gasteiger partial charge in [-0.3, -0.25) is 0 Å². The molecular formula is C15H25ClN2S. The maximum atomic E-state index is 6.18. The second-order valence-electron chi connectivity index (χ2n) is 5.24. The molecule has 2 rings (SSSR count). The molecule has 19 heavy (non-hydrogen) atoms. The Morgan fingerprint density at radius 1 is 1.32 bits per heavy atom. The molecule has 1 aliphatic carbocycles. The van der Waals surface area contributed by atoms with Crippen LogP contribution in [0.4, 0.5) is 0 Å². The average molecular weight is 301 g/mol. The zero-order chi connectivity index (χ0) is 12.8. The van der Waals surface area contributed by atoms with Crippen LogP contribution in [-0.4, -0.2) is 36.3 Å². The van der Waals surface area contributed by atoms with Crippen LogP contribution in [0.5, 0.6) is 0 Å². The SMILES string of the molecule is CN(CC[C@@H](N)CSc1ccccc1)C1CCC1.Cl. The number of thioether (sulfide) groups is 1. The first-order valence-electron chi connectivity index (χ1n) is 6.89. The van der Waals surface area contributed by atoms with Gasteiger partial charge in [0.2, 0.25) is 0 Å². The van der Waals surface area contributed by atoms with E-state index in [1.165, 1.54) is 24.2 Å². The van der Waals surface area contributed by atoms with Crippen LogP contribution in [0.15, 0.2) is 35.2 Å². The summed E-state index contributed by atoms with van der Waals surface area (Å²) in [5, 5.41) is 0. The first-order valence-corrected chi connectivity index (χ1v) is 7.88. The van der Waals surface area contributed by atoms with Gasteiger partial charge in [0, 0.05) is 22.7 Å². The fraction of sp³-hybridized carbons (Fsp3) is 0.600. The highest BCUT2D eigenvalue weighted by atomic mass is 35.5. The monoisotopic (exact) mass is 300 g/mol. The molecular weight excluding hydrogens is 276 g/mol. The number of hydrogen-bond donors (Lipinski definition) is 1. The Balaban J connectivity index is 0.00000180. The number of nitrogens with zero attached hydrogens (tertiary/aromatic N) is 1. The molecule has 1 aromatic carbocycles. The standard InChI is InChI=1S/C15H24N2S.ClH/c1-17(14-6-5-7-14)11-10-13(16)12-18-15-8-3-2-4-9-15;/h2-4,8-9,13-14H,5-7,10-12,16H2,1H3;1H/t13-;/m1./s1. The van der Waals surface area contributed by atoms with Gasteiger partial charge in [0.1, 0.15) is 0 Å². The van der Waals surface area contributed by atoms with Crippen LogP contribution < -0.4 is 5.73 Å². The molecule has 1 saturated carbocycles.